The zero-order valence-electron chi connectivity index (χ0n) is 26.3. The van der Waals surface area contributed by atoms with Crippen molar-refractivity contribution in [2.24, 2.45) is 45.8 Å². The number of hydrogen-bond donors (Lipinski definition) is 0. The molecular formula is C38H62. The highest BCUT2D eigenvalue weighted by Gasteiger charge is 2.50. The van der Waals surface area contributed by atoms with Crippen LogP contribution in [-0.4, -0.2) is 0 Å². The van der Waals surface area contributed by atoms with E-state index in [1.165, 1.54) is 109 Å². The van der Waals surface area contributed by atoms with Crippen LogP contribution in [0, 0.1) is 45.8 Å². The van der Waals surface area contributed by atoms with Crippen molar-refractivity contribution < 1.29 is 0 Å². The lowest BCUT2D eigenvalue weighted by molar-refractivity contribution is -0.0451. The van der Waals surface area contributed by atoms with Crippen molar-refractivity contribution in [3.8, 4) is 0 Å². The Morgan fingerprint density at radius 3 is 2.45 bits per heavy atom. The van der Waals surface area contributed by atoms with Gasteiger partial charge in [0.2, 0.25) is 0 Å². The Balaban J connectivity index is 1.32. The van der Waals surface area contributed by atoms with Gasteiger partial charge >= 0.3 is 0 Å². The van der Waals surface area contributed by atoms with Gasteiger partial charge in [-0.3, -0.25) is 0 Å². The molecule has 5 fully saturated rings. The van der Waals surface area contributed by atoms with Crippen LogP contribution in [0.5, 0.6) is 0 Å². The molecular weight excluding hydrogens is 456 g/mol. The van der Waals surface area contributed by atoms with Gasteiger partial charge in [-0.1, -0.05) is 91.0 Å². The Hall–Kier alpha value is -0.780. The smallest absolute Gasteiger partial charge is 0.0134 e. The maximum Gasteiger partial charge on any atom is -0.0134 e. The van der Waals surface area contributed by atoms with Crippen LogP contribution in [0.1, 0.15) is 157 Å². The van der Waals surface area contributed by atoms with Gasteiger partial charge in [0, 0.05) is 0 Å². The summed E-state index contributed by atoms with van der Waals surface area (Å²) in [5.74, 6) is 4.74. The second-order valence-electron chi connectivity index (χ2n) is 16.3. The van der Waals surface area contributed by atoms with E-state index in [9.17, 15) is 0 Å². The number of hydrogen-bond acceptors (Lipinski definition) is 0. The van der Waals surface area contributed by atoms with Gasteiger partial charge < -0.3 is 0 Å². The minimum Gasteiger partial charge on any atom is -0.0880 e. The third-order valence-electron chi connectivity index (χ3n) is 12.6. The minimum atomic E-state index is 0.275. The average molecular weight is 519 g/mol. The maximum absolute atomic E-state index is 2.73. The van der Waals surface area contributed by atoms with E-state index in [2.05, 4.69) is 59.8 Å². The third kappa shape index (κ3) is 6.57. The molecule has 214 valence electrons. The zero-order chi connectivity index (χ0) is 27.0. The van der Waals surface area contributed by atoms with Crippen LogP contribution in [0.3, 0.4) is 0 Å². The summed E-state index contributed by atoms with van der Waals surface area (Å²) >= 11 is 0. The molecule has 0 heterocycles. The fraction of sp³-hybridized carbons (Fsp3) is 0.842. The molecule has 0 radical (unpaired) electrons. The molecule has 7 atom stereocenters. The molecule has 38 heavy (non-hydrogen) atoms. The van der Waals surface area contributed by atoms with E-state index in [0.29, 0.717) is 10.8 Å². The summed E-state index contributed by atoms with van der Waals surface area (Å²) in [5, 5.41) is 0. The minimum absolute atomic E-state index is 0.275. The van der Waals surface area contributed by atoms with Crippen molar-refractivity contribution in [1.29, 1.82) is 0 Å². The molecule has 0 amide bonds. The van der Waals surface area contributed by atoms with Crippen molar-refractivity contribution >= 4 is 0 Å². The Labute approximate surface area is 237 Å². The van der Waals surface area contributed by atoms with E-state index in [4.69, 9.17) is 0 Å². The first kappa shape index (κ1) is 28.7. The molecule has 0 N–H and O–H groups in total. The van der Waals surface area contributed by atoms with Gasteiger partial charge in [0.15, 0.2) is 0 Å². The molecule has 0 saturated heterocycles. The Morgan fingerprint density at radius 2 is 1.74 bits per heavy atom. The summed E-state index contributed by atoms with van der Waals surface area (Å²) in [7, 11) is 0. The molecule has 5 saturated carbocycles. The molecule has 0 spiro atoms. The van der Waals surface area contributed by atoms with Gasteiger partial charge in [-0.25, -0.2) is 0 Å². The van der Waals surface area contributed by atoms with Gasteiger partial charge in [-0.15, -0.1) is 0 Å². The Bertz CT molecular complexity index is 906. The highest BCUT2D eigenvalue weighted by Crippen LogP contribution is 2.61. The predicted octanol–water partition coefficient (Wildman–Crippen LogP) is 12.0. The highest BCUT2D eigenvalue weighted by atomic mass is 14.6. The summed E-state index contributed by atoms with van der Waals surface area (Å²) < 4.78 is 0. The van der Waals surface area contributed by atoms with Gasteiger partial charge in [0.05, 0.1) is 0 Å². The average Bonchev–Trinajstić information content (AvgIpc) is 3.79. The number of fused-ring (bicyclic) bond motifs is 3. The number of unbranched alkanes of at least 4 members (excludes halogenated alkanes) is 1. The van der Waals surface area contributed by atoms with Gasteiger partial charge in [-0.2, -0.15) is 0 Å². The lowest BCUT2D eigenvalue weighted by atomic mass is 9.50. The van der Waals surface area contributed by atoms with E-state index in [1.54, 1.807) is 6.42 Å². The first-order valence-corrected chi connectivity index (χ1v) is 17.2. The fourth-order valence-electron chi connectivity index (χ4n) is 9.34. The quantitative estimate of drug-likeness (QED) is 0.252. The van der Waals surface area contributed by atoms with E-state index < -0.39 is 0 Å². The Kier molecular flexibility index (Phi) is 8.78. The number of allylic oxidation sites excluding steroid dienone is 6. The molecule has 0 aromatic carbocycles. The highest BCUT2D eigenvalue weighted by molar-refractivity contribution is 5.44. The summed E-state index contributed by atoms with van der Waals surface area (Å²) in [4.78, 5) is 0. The summed E-state index contributed by atoms with van der Waals surface area (Å²) in [5.41, 5.74) is 7.02. The molecule has 0 nitrogen and oxygen atoms in total. The number of rotatable bonds is 10. The van der Waals surface area contributed by atoms with E-state index in [0.717, 1.165) is 29.6 Å². The van der Waals surface area contributed by atoms with Crippen LogP contribution in [0.4, 0.5) is 0 Å². The SMILES string of the molecule is CCCC=CC(C)(C)CC=C(C(CCC1CC2CCC3(C)CCCCC1CCC3(C)C2)=C1CC1)C1CC1C. The molecule has 0 aromatic rings. The second kappa shape index (κ2) is 11.6. The van der Waals surface area contributed by atoms with Crippen LogP contribution in [0.2, 0.25) is 0 Å². The summed E-state index contributed by atoms with van der Waals surface area (Å²) in [6.07, 6.45) is 33.6. The lowest BCUT2D eigenvalue weighted by Gasteiger charge is -2.55. The zero-order valence-corrected chi connectivity index (χ0v) is 26.3. The van der Waals surface area contributed by atoms with Gasteiger partial charge in [-0.05, 0) is 147 Å². The molecule has 5 aliphatic rings. The standard InChI is InChI=1S/C38H62/c1-7-8-10-20-36(3,4)22-19-34(35-25-28(35)2)33(31-13-14-31)16-15-32-26-29-17-23-37(5)21-11-9-12-30(32)18-24-38(37,6)27-29/h10,19-20,28-30,32,35H,7-9,11-18,21-27H2,1-6H3. The van der Waals surface area contributed by atoms with Crippen LogP contribution >= 0.6 is 0 Å². The maximum atomic E-state index is 2.73. The molecule has 3 bridgehead atoms. The third-order valence-corrected chi connectivity index (χ3v) is 12.6. The first-order valence-electron chi connectivity index (χ1n) is 17.2. The Morgan fingerprint density at radius 1 is 0.974 bits per heavy atom. The monoisotopic (exact) mass is 518 g/mol. The van der Waals surface area contributed by atoms with Crippen molar-refractivity contribution in [2.45, 2.75) is 157 Å². The topological polar surface area (TPSA) is 0 Å². The van der Waals surface area contributed by atoms with E-state index in [1.807, 2.05) is 16.7 Å². The summed E-state index contributed by atoms with van der Waals surface area (Å²) in [6.45, 7) is 15.1. The van der Waals surface area contributed by atoms with E-state index in [-0.39, 0.29) is 5.41 Å². The van der Waals surface area contributed by atoms with Crippen molar-refractivity contribution in [3.05, 3.63) is 34.9 Å². The molecule has 0 aromatic heterocycles. The first-order chi connectivity index (χ1) is 18.1. The fourth-order valence-corrected chi connectivity index (χ4v) is 9.34. The molecule has 7 unspecified atom stereocenters. The molecule has 0 heteroatoms. The van der Waals surface area contributed by atoms with Crippen molar-refractivity contribution in [3.63, 3.8) is 0 Å². The largest absolute Gasteiger partial charge is 0.0880 e. The van der Waals surface area contributed by atoms with Gasteiger partial charge in [0.1, 0.15) is 0 Å². The van der Waals surface area contributed by atoms with Crippen molar-refractivity contribution in [1.82, 2.24) is 0 Å². The predicted molar refractivity (Wildman–Crippen MR) is 166 cm³/mol. The molecule has 5 aliphatic carbocycles. The van der Waals surface area contributed by atoms with Crippen LogP contribution in [0.15, 0.2) is 34.9 Å². The lowest BCUT2D eigenvalue weighted by Crippen LogP contribution is -2.45. The van der Waals surface area contributed by atoms with Crippen LogP contribution in [-0.2, 0) is 0 Å². The van der Waals surface area contributed by atoms with Crippen LogP contribution in [0.25, 0.3) is 0 Å². The van der Waals surface area contributed by atoms with E-state index >= 15 is 0 Å². The molecule has 0 aliphatic heterocycles. The summed E-state index contributed by atoms with van der Waals surface area (Å²) in [6, 6.07) is 0. The normalized spacial score (nSPS) is 39.5. The van der Waals surface area contributed by atoms with Crippen LogP contribution < -0.4 is 0 Å². The van der Waals surface area contributed by atoms with Crippen molar-refractivity contribution in [2.75, 3.05) is 0 Å². The van der Waals surface area contributed by atoms with Gasteiger partial charge in [0.25, 0.3) is 0 Å². The second-order valence-corrected chi connectivity index (χ2v) is 16.3. The molecule has 5 rings (SSSR count).